The summed E-state index contributed by atoms with van der Waals surface area (Å²) < 4.78 is 26.4. The van der Waals surface area contributed by atoms with E-state index in [1.54, 1.807) is 6.07 Å². The van der Waals surface area contributed by atoms with Gasteiger partial charge in [-0.15, -0.1) is 0 Å². The van der Waals surface area contributed by atoms with Crippen molar-refractivity contribution in [3.63, 3.8) is 0 Å². The summed E-state index contributed by atoms with van der Waals surface area (Å²) in [6.45, 7) is 4.80. The van der Waals surface area contributed by atoms with Crippen molar-refractivity contribution in [1.29, 1.82) is 0 Å². The van der Waals surface area contributed by atoms with Gasteiger partial charge in [-0.05, 0) is 37.4 Å². The molecule has 18 heavy (non-hydrogen) atoms. The summed E-state index contributed by atoms with van der Waals surface area (Å²) >= 11 is 0. The Bertz CT molecular complexity index is 441. The van der Waals surface area contributed by atoms with Crippen LogP contribution in [-0.4, -0.2) is 31.1 Å². The SMILES string of the molecule is Fc1ccc(CN2CCC3(CCNC3)C2)c(F)c1. The number of likely N-dealkylation sites (tertiary alicyclic amines) is 1. The molecule has 3 rings (SSSR count). The van der Waals surface area contributed by atoms with Crippen LogP contribution in [-0.2, 0) is 6.54 Å². The molecular formula is C14H18F2N2. The highest BCUT2D eigenvalue weighted by atomic mass is 19.1. The van der Waals surface area contributed by atoms with E-state index in [2.05, 4.69) is 10.2 Å². The van der Waals surface area contributed by atoms with Crippen molar-refractivity contribution in [2.45, 2.75) is 19.4 Å². The molecule has 1 N–H and O–H groups in total. The van der Waals surface area contributed by atoms with Gasteiger partial charge in [0, 0.05) is 31.3 Å². The first kappa shape index (κ1) is 12.1. The Labute approximate surface area is 106 Å². The highest BCUT2D eigenvalue weighted by Gasteiger charge is 2.40. The van der Waals surface area contributed by atoms with Gasteiger partial charge in [0.15, 0.2) is 0 Å². The van der Waals surface area contributed by atoms with Crippen molar-refractivity contribution in [1.82, 2.24) is 10.2 Å². The van der Waals surface area contributed by atoms with Gasteiger partial charge in [-0.1, -0.05) is 6.07 Å². The van der Waals surface area contributed by atoms with Crippen molar-refractivity contribution in [3.8, 4) is 0 Å². The maximum absolute atomic E-state index is 13.6. The molecule has 1 unspecified atom stereocenters. The zero-order valence-corrected chi connectivity index (χ0v) is 10.4. The van der Waals surface area contributed by atoms with Gasteiger partial charge >= 0.3 is 0 Å². The van der Waals surface area contributed by atoms with Crippen molar-refractivity contribution < 1.29 is 8.78 Å². The van der Waals surface area contributed by atoms with Crippen LogP contribution < -0.4 is 5.32 Å². The van der Waals surface area contributed by atoms with E-state index in [9.17, 15) is 8.78 Å². The number of nitrogens with one attached hydrogen (secondary N) is 1. The van der Waals surface area contributed by atoms with Gasteiger partial charge in [-0.2, -0.15) is 0 Å². The quantitative estimate of drug-likeness (QED) is 0.867. The fraction of sp³-hybridized carbons (Fsp3) is 0.571. The summed E-state index contributed by atoms with van der Waals surface area (Å²) in [5.74, 6) is -0.936. The molecule has 0 amide bonds. The Morgan fingerprint density at radius 2 is 2.17 bits per heavy atom. The van der Waals surface area contributed by atoms with Crippen molar-refractivity contribution in [3.05, 3.63) is 35.4 Å². The molecule has 2 nitrogen and oxygen atoms in total. The van der Waals surface area contributed by atoms with E-state index in [-0.39, 0.29) is 0 Å². The van der Waals surface area contributed by atoms with E-state index in [4.69, 9.17) is 0 Å². The maximum atomic E-state index is 13.6. The Morgan fingerprint density at radius 3 is 2.89 bits per heavy atom. The lowest BCUT2D eigenvalue weighted by Gasteiger charge is -2.23. The van der Waals surface area contributed by atoms with E-state index >= 15 is 0 Å². The van der Waals surface area contributed by atoms with Crippen LogP contribution in [0, 0.1) is 17.0 Å². The van der Waals surface area contributed by atoms with Gasteiger partial charge in [-0.25, -0.2) is 8.78 Å². The number of hydrogen-bond acceptors (Lipinski definition) is 2. The third kappa shape index (κ3) is 2.27. The second-order valence-corrected chi connectivity index (χ2v) is 5.62. The third-order valence-electron chi connectivity index (χ3n) is 4.26. The second-order valence-electron chi connectivity index (χ2n) is 5.62. The molecule has 98 valence electrons. The first-order valence-electron chi connectivity index (χ1n) is 6.54. The predicted molar refractivity (Wildman–Crippen MR) is 66.2 cm³/mol. The van der Waals surface area contributed by atoms with Crippen LogP contribution in [0.5, 0.6) is 0 Å². The van der Waals surface area contributed by atoms with Crippen LogP contribution in [0.2, 0.25) is 0 Å². The van der Waals surface area contributed by atoms with Gasteiger partial charge in [0.1, 0.15) is 11.6 Å². The number of benzene rings is 1. The molecular weight excluding hydrogens is 234 g/mol. The van der Waals surface area contributed by atoms with Gasteiger partial charge < -0.3 is 5.32 Å². The smallest absolute Gasteiger partial charge is 0.130 e. The highest BCUT2D eigenvalue weighted by molar-refractivity contribution is 5.18. The lowest BCUT2D eigenvalue weighted by Crippen LogP contribution is -2.29. The molecule has 4 heteroatoms. The zero-order chi connectivity index (χ0) is 12.6. The summed E-state index contributed by atoms with van der Waals surface area (Å²) in [5.41, 5.74) is 0.996. The predicted octanol–water partition coefficient (Wildman–Crippen LogP) is 2.15. The van der Waals surface area contributed by atoms with Crippen molar-refractivity contribution in [2.75, 3.05) is 26.2 Å². The Morgan fingerprint density at radius 1 is 1.28 bits per heavy atom. The third-order valence-corrected chi connectivity index (χ3v) is 4.26. The molecule has 1 spiro atoms. The number of rotatable bonds is 2. The van der Waals surface area contributed by atoms with Crippen LogP contribution in [0.1, 0.15) is 18.4 Å². The van der Waals surface area contributed by atoms with Gasteiger partial charge in [-0.3, -0.25) is 4.90 Å². The van der Waals surface area contributed by atoms with E-state index in [1.807, 2.05) is 0 Å². The van der Waals surface area contributed by atoms with Crippen LogP contribution in [0.15, 0.2) is 18.2 Å². The molecule has 2 heterocycles. The van der Waals surface area contributed by atoms with E-state index in [0.29, 0.717) is 17.5 Å². The Kier molecular flexibility index (Phi) is 3.08. The lowest BCUT2D eigenvalue weighted by atomic mass is 9.86. The first-order valence-corrected chi connectivity index (χ1v) is 6.54. The summed E-state index contributed by atoms with van der Waals surface area (Å²) in [4.78, 5) is 2.28. The fourth-order valence-electron chi connectivity index (χ4n) is 3.20. The van der Waals surface area contributed by atoms with E-state index < -0.39 is 11.6 Å². The Balaban J connectivity index is 1.67. The minimum absolute atomic E-state index is 0.399. The van der Waals surface area contributed by atoms with Crippen molar-refractivity contribution in [2.24, 2.45) is 5.41 Å². The molecule has 0 bridgehead atoms. The topological polar surface area (TPSA) is 15.3 Å². The van der Waals surface area contributed by atoms with Crippen LogP contribution >= 0.6 is 0 Å². The molecule has 0 radical (unpaired) electrons. The molecule has 1 aromatic carbocycles. The number of halogens is 2. The van der Waals surface area contributed by atoms with E-state index in [1.165, 1.54) is 18.9 Å². The highest BCUT2D eigenvalue weighted by Crippen LogP contribution is 2.36. The van der Waals surface area contributed by atoms with Gasteiger partial charge in [0.2, 0.25) is 0 Å². The normalized spacial score (nSPS) is 28.3. The maximum Gasteiger partial charge on any atom is 0.130 e. The summed E-state index contributed by atoms with van der Waals surface area (Å²) in [5, 5.41) is 3.41. The summed E-state index contributed by atoms with van der Waals surface area (Å²) in [6, 6.07) is 3.86. The zero-order valence-electron chi connectivity index (χ0n) is 10.4. The minimum atomic E-state index is -0.505. The molecule has 2 fully saturated rings. The average Bonchev–Trinajstić information content (AvgIpc) is 2.94. The molecule has 2 aliphatic rings. The molecule has 0 aromatic heterocycles. The molecule has 0 saturated carbocycles. The standard InChI is InChI=1S/C14H18F2N2/c15-12-2-1-11(13(16)7-12)8-18-6-4-14(10-18)3-5-17-9-14/h1-2,7,17H,3-6,8-10H2. The Hall–Kier alpha value is -1.00. The molecule has 0 aliphatic carbocycles. The van der Waals surface area contributed by atoms with Crippen molar-refractivity contribution >= 4 is 0 Å². The van der Waals surface area contributed by atoms with Crippen LogP contribution in [0.25, 0.3) is 0 Å². The minimum Gasteiger partial charge on any atom is -0.316 e. The molecule has 2 aliphatic heterocycles. The summed E-state index contributed by atoms with van der Waals surface area (Å²) in [6.07, 6.45) is 2.40. The monoisotopic (exact) mass is 252 g/mol. The van der Waals surface area contributed by atoms with Gasteiger partial charge in [0.25, 0.3) is 0 Å². The molecule has 1 atom stereocenters. The first-order chi connectivity index (χ1) is 8.67. The lowest BCUT2D eigenvalue weighted by molar-refractivity contribution is 0.266. The fourth-order valence-corrected chi connectivity index (χ4v) is 3.20. The summed E-state index contributed by atoms with van der Waals surface area (Å²) in [7, 11) is 0. The van der Waals surface area contributed by atoms with Gasteiger partial charge in [0.05, 0.1) is 0 Å². The van der Waals surface area contributed by atoms with Crippen LogP contribution in [0.3, 0.4) is 0 Å². The molecule has 1 aromatic rings. The largest absolute Gasteiger partial charge is 0.316 e. The second kappa shape index (κ2) is 4.59. The number of nitrogens with zero attached hydrogens (tertiary/aromatic N) is 1. The van der Waals surface area contributed by atoms with E-state index in [0.717, 1.165) is 32.2 Å². The number of hydrogen-bond donors (Lipinski definition) is 1. The molecule has 2 saturated heterocycles. The average molecular weight is 252 g/mol. The van der Waals surface area contributed by atoms with Crippen LogP contribution in [0.4, 0.5) is 8.78 Å².